The zero-order chi connectivity index (χ0) is 24.1. The van der Waals surface area contributed by atoms with Gasteiger partial charge in [0.25, 0.3) is 5.56 Å². The fourth-order valence-electron chi connectivity index (χ4n) is 3.40. The summed E-state index contributed by atoms with van der Waals surface area (Å²) in [4.78, 5) is 17.7. The average molecular weight is 524 g/mol. The normalized spacial score (nSPS) is 11.3. The molecule has 0 amide bonds. The predicted octanol–water partition coefficient (Wildman–Crippen LogP) is 5.72. The Bertz CT molecular complexity index is 1400. The van der Waals surface area contributed by atoms with Crippen LogP contribution in [0.5, 0.6) is 11.5 Å². The molecule has 6 nitrogen and oxygen atoms in total. The molecular formula is C26H23BrFN3O3. The van der Waals surface area contributed by atoms with Crippen LogP contribution in [-0.2, 0) is 13.0 Å². The van der Waals surface area contributed by atoms with E-state index in [0.29, 0.717) is 41.3 Å². The second kappa shape index (κ2) is 10.6. The molecule has 0 saturated heterocycles. The highest BCUT2D eigenvalue weighted by Crippen LogP contribution is 2.29. The van der Waals surface area contributed by atoms with Gasteiger partial charge in [0, 0.05) is 10.9 Å². The Balaban J connectivity index is 1.62. The van der Waals surface area contributed by atoms with E-state index in [1.54, 1.807) is 36.5 Å². The number of aryl methyl sites for hydroxylation is 1. The van der Waals surface area contributed by atoms with Crippen molar-refractivity contribution in [2.24, 2.45) is 5.10 Å². The van der Waals surface area contributed by atoms with E-state index in [-0.39, 0.29) is 18.0 Å². The number of benzene rings is 3. The van der Waals surface area contributed by atoms with Crippen molar-refractivity contribution in [2.75, 3.05) is 6.61 Å². The molecule has 0 N–H and O–H groups in total. The Labute approximate surface area is 204 Å². The number of hydrogen-bond donors (Lipinski definition) is 0. The molecule has 0 bridgehead atoms. The van der Waals surface area contributed by atoms with E-state index >= 15 is 0 Å². The summed E-state index contributed by atoms with van der Waals surface area (Å²) < 4.78 is 26.9. The number of aromatic nitrogens is 2. The first kappa shape index (κ1) is 23.6. The summed E-state index contributed by atoms with van der Waals surface area (Å²) >= 11 is 3.41. The maximum Gasteiger partial charge on any atom is 0.282 e. The average Bonchev–Trinajstić information content (AvgIpc) is 2.84. The van der Waals surface area contributed by atoms with Crippen LogP contribution in [0.2, 0.25) is 0 Å². The van der Waals surface area contributed by atoms with E-state index in [1.165, 1.54) is 16.8 Å². The quantitative estimate of drug-likeness (QED) is 0.277. The van der Waals surface area contributed by atoms with Crippen LogP contribution in [0.1, 0.15) is 30.8 Å². The van der Waals surface area contributed by atoms with Gasteiger partial charge in [0.15, 0.2) is 11.5 Å². The number of ether oxygens (including phenoxy) is 2. The maximum atomic E-state index is 13.1. The molecule has 0 aliphatic heterocycles. The third-order valence-electron chi connectivity index (χ3n) is 5.09. The topological polar surface area (TPSA) is 65.7 Å². The van der Waals surface area contributed by atoms with Crippen molar-refractivity contribution in [3.8, 4) is 11.5 Å². The Morgan fingerprint density at radius 1 is 1.03 bits per heavy atom. The van der Waals surface area contributed by atoms with Crippen LogP contribution in [0.4, 0.5) is 4.39 Å². The first-order valence-electron chi connectivity index (χ1n) is 10.9. The molecule has 1 heterocycles. The van der Waals surface area contributed by atoms with Crippen molar-refractivity contribution < 1.29 is 13.9 Å². The lowest BCUT2D eigenvalue weighted by Gasteiger charge is -2.13. The SMILES string of the molecule is CCOc1cc(C=Nn2c(CC)nc3ccc(Br)cc3c2=O)ccc1OCc1ccc(F)cc1. The molecule has 0 unspecified atom stereocenters. The van der Waals surface area contributed by atoms with Gasteiger partial charge < -0.3 is 9.47 Å². The van der Waals surface area contributed by atoms with Gasteiger partial charge in [-0.25, -0.2) is 9.37 Å². The van der Waals surface area contributed by atoms with Crippen molar-refractivity contribution >= 4 is 33.0 Å². The summed E-state index contributed by atoms with van der Waals surface area (Å²) in [6, 6.07) is 17.0. The molecule has 174 valence electrons. The first-order valence-corrected chi connectivity index (χ1v) is 11.7. The summed E-state index contributed by atoms with van der Waals surface area (Å²) in [6.45, 7) is 4.55. The van der Waals surface area contributed by atoms with Crippen LogP contribution in [0, 0.1) is 5.82 Å². The van der Waals surface area contributed by atoms with Gasteiger partial charge in [-0.05, 0) is 66.6 Å². The van der Waals surface area contributed by atoms with E-state index in [2.05, 4.69) is 26.0 Å². The van der Waals surface area contributed by atoms with E-state index in [4.69, 9.17) is 9.47 Å². The van der Waals surface area contributed by atoms with Crippen LogP contribution in [0.15, 0.2) is 75.0 Å². The minimum Gasteiger partial charge on any atom is -0.490 e. The summed E-state index contributed by atoms with van der Waals surface area (Å²) in [5, 5.41) is 4.92. The lowest BCUT2D eigenvalue weighted by molar-refractivity contribution is 0.269. The highest BCUT2D eigenvalue weighted by Gasteiger charge is 2.11. The van der Waals surface area contributed by atoms with E-state index < -0.39 is 0 Å². The highest BCUT2D eigenvalue weighted by atomic mass is 79.9. The van der Waals surface area contributed by atoms with Crippen LogP contribution < -0.4 is 15.0 Å². The number of rotatable bonds is 8. The van der Waals surface area contributed by atoms with E-state index in [0.717, 1.165) is 15.6 Å². The second-order valence-electron chi connectivity index (χ2n) is 7.46. The van der Waals surface area contributed by atoms with Crippen molar-refractivity contribution in [3.05, 3.63) is 98.3 Å². The summed E-state index contributed by atoms with van der Waals surface area (Å²) in [5.74, 6) is 1.39. The highest BCUT2D eigenvalue weighted by molar-refractivity contribution is 9.10. The minimum absolute atomic E-state index is 0.233. The smallest absolute Gasteiger partial charge is 0.282 e. The van der Waals surface area contributed by atoms with Crippen molar-refractivity contribution in [3.63, 3.8) is 0 Å². The molecule has 0 aliphatic carbocycles. The van der Waals surface area contributed by atoms with Gasteiger partial charge in [-0.1, -0.05) is 35.0 Å². The lowest BCUT2D eigenvalue weighted by Crippen LogP contribution is -2.22. The molecule has 0 fully saturated rings. The monoisotopic (exact) mass is 523 g/mol. The number of halogens is 2. The zero-order valence-electron chi connectivity index (χ0n) is 18.8. The van der Waals surface area contributed by atoms with Gasteiger partial charge in [-0.15, -0.1) is 0 Å². The molecule has 8 heteroatoms. The third kappa shape index (κ3) is 5.34. The summed E-state index contributed by atoms with van der Waals surface area (Å²) in [5.41, 5.74) is 1.98. The van der Waals surface area contributed by atoms with Crippen LogP contribution in [-0.4, -0.2) is 22.5 Å². The molecule has 3 aromatic carbocycles. The van der Waals surface area contributed by atoms with Crippen LogP contribution >= 0.6 is 15.9 Å². The molecule has 0 saturated carbocycles. The van der Waals surface area contributed by atoms with Gasteiger partial charge >= 0.3 is 0 Å². The lowest BCUT2D eigenvalue weighted by atomic mass is 10.2. The molecule has 4 rings (SSSR count). The van der Waals surface area contributed by atoms with Crippen LogP contribution in [0.25, 0.3) is 10.9 Å². The molecule has 1 aromatic heterocycles. The van der Waals surface area contributed by atoms with E-state index in [9.17, 15) is 9.18 Å². The van der Waals surface area contributed by atoms with E-state index in [1.807, 2.05) is 32.0 Å². The van der Waals surface area contributed by atoms with Crippen molar-refractivity contribution in [1.82, 2.24) is 9.66 Å². The van der Waals surface area contributed by atoms with Gasteiger partial charge in [-0.3, -0.25) is 4.79 Å². The molecule has 0 spiro atoms. The standard InChI is InChI=1S/C26H23BrFN3O3/c1-3-25-30-22-11-8-19(27)14-21(22)26(32)31(25)29-15-18-7-12-23(24(13-18)33-4-2)34-16-17-5-9-20(28)10-6-17/h5-15H,3-4,16H2,1-2H3. The zero-order valence-corrected chi connectivity index (χ0v) is 20.4. The third-order valence-corrected chi connectivity index (χ3v) is 5.58. The molecule has 0 aliphatic rings. The maximum absolute atomic E-state index is 13.1. The fourth-order valence-corrected chi connectivity index (χ4v) is 3.76. The first-order chi connectivity index (χ1) is 16.5. The van der Waals surface area contributed by atoms with Gasteiger partial charge in [0.05, 0.1) is 23.7 Å². The predicted molar refractivity (Wildman–Crippen MR) is 134 cm³/mol. The summed E-state index contributed by atoms with van der Waals surface area (Å²) in [7, 11) is 0. The molecule has 4 aromatic rings. The van der Waals surface area contributed by atoms with Gasteiger partial charge in [0.2, 0.25) is 0 Å². The largest absolute Gasteiger partial charge is 0.490 e. The minimum atomic E-state index is -0.290. The molecule has 34 heavy (non-hydrogen) atoms. The number of hydrogen-bond acceptors (Lipinski definition) is 5. The fraction of sp³-hybridized carbons (Fsp3) is 0.192. The molecule has 0 radical (unpaired) electrons. The van der Waals surface area contributed by atoms with Crippen molar-refractivity contribution in [2.45, 2.75) is 26.9 Å². The molecular weight excluding hydrogens is 501 g/mol. The Hall–Kier alpha value is -3.52. The van der Waals surface area contributed by atoms with Gasteiger partial charge in [-0.2, -0.15) is 9.78 Å². The molecule has 0 atom stereocenters. The van der Waals surface area contributed by atoms with Crippen LogP contribution in [0.3, 0.4) is 0 Å². The number of nitrogens with zero attached hydrogens (tertiary/aromatic N) is 3. The number of fused-ring (bicyclic) bond motifs is 1. The Kier molecular flexibility index (Phi) is 7.37. The van der Waals surface area contributed by atoms with Gasteiger partial charge in [0.1, 0.15) is 18.2 Å². The Morgan fingerprint density at radius 3 is 2.56 bits per heavy atom. The van der Waals surface area contributed by atoms with Crippen molar-refractivity contribution in [1.29, 1.82) is 0 Å². The second-order valence-corrected chi connectivity index (χ2v) is 8.37. The Morgan fingerprint density at radius 2 is 1.82 bits per heavy atom. The summed E-state index contributed by atoms with van der Waals surface area (Å²) in [6.07, 6.45) is 2.15.